The van der Waals surface area contributed by atoms with Gasteiger partial charge in [0.15, 0.2) is 0 Å². The van der Waals surface area contributed by atoms with Crippen LogP contribution in [0.3, 0.4) is 0 Å². The van der Waals surface area contributed by atoms with Gasteiger partial charge in [0, 0.05) is 0 Å². The van der Waals surface area contributed by atoms with Crippen molar-refractivity contribution in [1.29, 1.82) is 0 Å². The van der Waals surface area contributed by atoms with Gasteiger partial charge >= 0.3 is 0 Å². The van der Waals surface area contributed by atoms with Crippen LogP contribution in [0.4, 0.5) is 0 Å². The van der Waals surface area contributed by atoms with Crippen LogP contribution in [0, 0.1) is 35.0 Å². The fraction of sp³-hybridized carbons (Fsp3) is 0.867. The fourth-order valence-electron chi connectivity index (χ4n) is 5.29. The summed E-state index contributed by atoms with van der Waals surface area (Å²) in [5.41, 5.74) is 2.30. The van der Waals surface area contributed by atoms with Crippen LogP contribution < -0.4 is 0 Å². The van der Waals surface area contributed by atoms with Crippen molar-refractivity contribution in [2.75, 3.05) is 0 Å². The third-order valence-corrected chi connectivity index (χ3v) is 6.05. The van der Waals surface area contributed by atoms with Crippen LogP contribution in [-0.2, 0) is 0 Å². The molecule has 3 aliphatic rings. The van der Waals surface area contributed by atoms with Gasteiger partial charge in [-0.05, 0) is 60.7 Å². The Kier molecular flexibility index (Phi) is 1.92. The molecule has 0 aromatic rings. The van der Waals surface area contributed by atoms with Gasteiger partial charge in [0.05, 0.1) is 0 Å². The van der Waals surface area contributed by atoms with Crippen LogP contribution in [0.5, 0.6) is 0 Å². The second-order valence-electron chi connectivity index (χ2n) is 6.79. The molecule has 3 saturated carbocycles. The van der Waals surface area contributed by atoms with E-state index < -0.39 is 0 Å². The van der Waals surface area contributed by atoms with E-state index in [1.807, 2.05) is 0 Å². The van der Waals surface area contributed by atoms with Gasteiger partial charge < -0.3 is 0 Å². The van der Waals surface area contributed by atoms with Gasteiger partial charge in [0.1, 0.15) is 0 Å². The minimum atomic E-state index is 0.660. The molecule has 0 heterocycles. The molecule has 3 fully saturated rings. The van der Waals surface area contributed by atoms with E-state index in [2.05, 4.69) is 27.4 Å². The molecule has 0 heteroatoms. The molecule has 84 valence electrons. The van der Waals surface area contributed by atoms with Gasteiger partial charge in [0.2, 0.25) is 0 Å². The molecule has 5 atom stereocenters. The monoisotopic (exact) mass is 204 g/mol. The number of hydrogen-bond donors (Lipinski definition) is 0. The first-order valence-corrected chi connectivity index (χ1v) is 6.74. The van der Waals surface area contributed by atoms with Crippen LogP contribution in [0.1, 0.15) is 46.5 Å². The van der Waals surface area contributed by atoms with Gasteiger partial charge in [-0.1, -0.05) is 32.9 Å². The first-order valence-electron chi connectivity index (χ1n) is 6.74. The number of rotatable bonds is 1. The second-order valence-corrected chi connectivity index (χ2v) is 6.79. The summed E-state index contributed by atoms with van der Waals surface area (Å²) in [6.07, 6.45) is 5.88. The van der Waals surface area contributed by atoms with Crippen molar-refractivity contribution >= 4 is 0 Å². The van der Waals surface area contributed by atoms with Crippen LogP contribution in [0.25, 0.3) is 0 Å². The van der Waals surface area contributed by atoms with Gasteiger partial charge in [-0.3, -0.25) is 0 Å². The quantitative estimate of drug-likeness (QED) is 0.559. The summed E-state index contributed by atoms with van der Waals surface area (Å²) in [6, 6.07) is 0. The summed E-state index contributed by atoms with van der Waals surface area (Å²) >= 11 is 0. The van der Waals surface area contributed by atoms with Crippen molar-refractivity contribution in [3.63, 3.8) is 0 Å². The lowest BCUT2D eigenvalue weighted by Gasteiger charge is -2.42. The van der Waals surface area contributed by atoms with Crippen LogP contribution >= 0.6 is 0 Å². The largest absolute Gasteiger partial charge is 0.0993 e. The number of hydrogen-bond acceptors (Lipinski definition) is 0. The first kappa shape index (κ1) is 9.93. The Morgan fingerprint density at radius 2 is 2.00 bits per heavy atom. The molecule has 0 saturated heterocycles. The Bertz CT molecular complexity index is 301. The van der Waals surface area contributed by atoms with Crippen molar-refractivity contribution in [1.82, 2.24) is 0 Å². The summed E-state index contributed by atoms with van der Waals surface area (Å²) in [4.78, 5) is 0. The maximum atomic E-state index is 4.46. The van der Waals surface area contributed by atoms with E-state index in [9.17, 15) is 0 Å². The molecule has 0 spiro atoms. The Labute approximate surface area is 94.1 Å². The first-order chi connectivity index (χ1) is 7.05. The molecule has 0 N–H and O–H groups in total. The Morgan fingerprint density at radius 1 is 1.27 bits per heavy atom. The molecule has 3 rings (SSSR count). The van der Waals surface area contributed by atoms with Gasteiger partial charge in [0.25, 0.3) is 0 Å². The van der Waals surface area contributed by atoms with E-state index in [1.54, 1.807) is 5.57 Å². The number of allylic oxidation sites excluding steroid dienone is 1. The highest BCUT2D eigenvalue weighted by molar-refractivity contribution is 5.28. The molecular weight excluding hydrogens is 180 g/mol. The maximum Gasteiger partial charge on any atom is -0.0138 e. The van der Waals surface area contributed by atoms with E-state index in [0.29, 0.717) is 5.41 Å². The third kappa shape index (κ3) is 1.04. The summed E-state index contributed by atoms with van der Waals surface area (Å²) in [5, 5.41) is 0. The minimum absolute atomic E-state index is 0.660. The summed E-state index contributed by atoms with van der Waals surface area (Å²) in [6.45, 7) is 11.8. The Hall–Kier alpha value is -0.260. The van der Waals surface area contributed by atoms with E-state index in [-0.39, 0.29) is 0 Å². The van der Waals surface area contributed by atoms with Gasteiger partial charge in [-0.25, -0.2) is 0 Å². The van der Waals surface area contributed by atoms with E-state index in [4.69, 9.17) is 0 Å². The highest BCUT2D eigenvalue weighted by Gasteiger charge is 2.61. The minimum Gasteiger partial charge on any atom is -0.0993 e. The standard InChI is InChI=1S/C15H24/c1-9(2)11-7-8-15(4)12-5-6-13(15)14(11)10(12)3/h9,11-14H,3,5-8H2,1-2,4H3/t11-,12-,13+,14?,15+/m0/s1. The van der Waals surface area contributed by atoms with Crippen molar-refractivity contribution in [2.24, 2.45) is 35.0 Å². The van der Waals surface area contributed by atoms with E-state index in [1.165, 1.54) is 25.7 Å². The lowest BCUT2D eigenvalue weighted by atomic mass is 9.62. The average Bonchev–Trinajstić information content (AvgIpc) is 2.57. The van der Waals surface area contributed by atoms with E-state index in [0.717, 1.165) is 29.6 Å². The molecule has 0 aliphatic heterocycles. The molecule has 0 aromatic heterocycles. The molecule has 0 aromatic carbocycles. The second kappa shape index (κ2) is 2.90. The fourth-order valence-corrected chi connectivity index (χ4v) is 5.29. The topological polar surface area (TPSA) is 0 Å². The highest BCUT2D eigenvalue weighted by Crippen LogP contribution is 2.70. The van der Waals surface area contributed by atoms with Crippen molar-refractivity contribution in [3.8, 4) is 0 Å². The molecular formula is C15H24. The van der Waals surface area contributed by atoms with E-state index >= 15 is 0 Å². The molecule has 4 bridgehead atoms. The molecule has 0 radical (unpaired) electrons. The van der Waals surface area contributed by atoms with Gasteiger partial charge in [-0.2, -0.15) is 0 Å². The third-order valence-electron chi connectivity index (χ3n) is 6.05. The zero-order chi connectivity index (χ0) is 10.8. The SMILES string of the molecule is C=C1C2[C@H](C(C)C)CC[C@@]3(C)[C@@H]2CC[C@@H]13. The molecule has 0 amide bonds. The lowest BCUT2D eigenvalue weighted by Crippen LogP contribution is -2.35. The van der Waals surface area contributed by atoms with Crippen LogP contribution in [0.2, 0.25) is 0 Å². The van der Waals surface area contributed by atoms with Crippen LogP contribution in [-0.4, -0.2) is 0 Å². The predicted octanol–water partition coefficient (Wildman–Crippen LogP) is 4.27. The maximum absolute atomic E-state index is 4.46. The highest BCUT2D eigenvalue weighted by atomic mass is 14.7. The van der Waals surface area contributed by atoms with Gasteiger partial charge in [-0.15, -0.1) is 0 Å². The van der Waals surface area contributed by atoms with Crippen molar-refractivity contribution < 1.29 is 0 Å². The van der Waals surface area contributed by atoms with Crippen molar-refractivity contribution in [2.45, 2.75) is 46.5 Å². The summed E-state index contributed by atoms with van der Waals surface area (Å²) in [5.74, 6) is 4.58. The van der Waals surface area contributed by atoms with Crippen LogP contribution in [0.15, 0.2) is 12.2 Å². The Balaban J connectivity index is 1.99. The molecule has 0 nitrogen and oxygen atoms in total. The zero-order valence-corrected chi connectivity index (χ0v) is 10.4. The lowest BCUT2D eigenvalue weighted by molar-refractivity contribution is 0.0739. The molecule has 3 aliphatic carbocycles. The zero-order valence-electron chi connectivity index (χ0n) is 10.4. The smallest absolute Gasteiger partial charge is 0.0138 e. The molecule has 15 heavy (non-hydrogen) atoms. The summed E-state index contributed by atoms with van der Waals surface area (Å²) in [7, 11) is 0. The summed E-state index contributed by atoms with van der Waals surface area (Å²) < 4.78 is 0. The Morgan fingerprint density at radius 3 is 2.67 bits per heavy atom. The van der Waals surface area contributed by atoms with Crippen molar-refractivity contribution in [3.05, 3.63) is 12.2 Å². The molecule has 1 unspecified atom stereocenters. The average molecular weight is 204 g/mol. The normalized spacial score (nSPS) is 52.9. The predicted molar refractivity (Wildman–Crippen MR) is 64.5 cm³/mol.